The van der Waals surface area contributed by atoms with E-state index in [9.17, 15) is 9.18 Å². The lowest BCUT2D eigenvalue weighted by Crippen LogP contribution is -2.55. The summed E-state index contributed by atoms with van der Waals surface area (Å²) in [6, 6.07) is 4.22. The molecule has 110 valence electrons. The smallest absolute Gasteiger partial charge is 0.254 e. The molecule has 1 heterocycles. The van der Waals surface area contributed by atoms with Gasteiger partial charge in [0.1, 0.15) is 5.82 Å². The number of hydrogen-bond donors (Lipinski definition) is 0. The molecule has 1 atom stereocenters. The van der Waals surface area contributed by atoms with E-state index in [0.717, 1.165) is 0 Å². The fourth-order valence-electron chi connectivity index (χ4n) is 2.57. The van der Waals surface area contributed by atoms with Gasteiger partial charge in [-0.2, -0.15) is 0 Å². The first kappa shape index (κ1) is 15.3. The number of carbonyl (C=O) groups excluding carboxylic acids is 1. The van der Waals surface area contributed by atoms with Crippen LogP contribution in [-0.4, -0.2) is 41.5 Å². The van der Waals surface area contributed by atoms with Crippen molar-refractivity contribution in [1.82, 2.24) is 4.90 Å². The van der Waals surface area contributed by atoms with Crippen LogP contribution in [-0.2, 0) is 4.74 Å². The molecule has 1 aromatic carbocycles. The molecule has 1 amide bonds. The van der Waals surface area contributed by atoms with Gasteiger partial charge in [0.25, 0.3) is 5.91 Å². The molecule has 0 spiro atoms. The number of benzene rings is 1. The third-order valence-electron chi connectivity index (χ3n) is 3.36. The summed E-state index contributed by atoms with van der Waals surface area (Å²) in [5.74, 6) is -0.0933. The van der Waals surface area contributed by atoms with Crippen LogP contribution in [0.5, 0.6) is 0 Å². The average Bonchev–Trinajstić information content (AvgIpc) is 2.36. The van der Waals surface area contributed by atoms with Gasteiger partial charge in [0, 0.05) is 18.7 Å². The van der Waals surface area contributed by atoms with E-state index in [1.54, 1.807) is 11.8 Å². The predicted molar refractivity (Wildman–Crippen MR) is 76.7 cm³/mol. The van der Waals surface area contributed by atoms with Gasteiger partial charge in [-0.3, -0.25) is 4.79 Å². The zero-order chi connectivity index (χ0) is 14.9. The zero-order valence-electron chi connectivity index (χ0n) is 12.0. The van der Waals surface area contributed by atoms with E-state index in [0.29, 0.717) is 30.1 Å². The number of halogens is 2. The third-order valence-corrected chi connectivity index (χ3v) is 3.70. The first-order valence-electron chi connectivity index (χ1n) is 6.61. The maximum absolute atomic E-state index is 13.1. The molecule has 1 aromatic rings. The molecule has 20 heavy (non-hydrogen) atoms. The summed E-state index contributed by atoms with van der Waals surface area (Å²) in [5, 5.41) is 0. The topological polar surface area (TPSA) is 29.5 Å². The molecule has 2 rings (SSSR count). The van der Waals surface area contributed by atoms with Crippen LogP contribution in [0.1, 0.15) is 29.8 Å². The van der Waals surface area contributed by atoms with E-state index in [4.69, 9.17) is 16.3 Å². The number of alkyl halides is 1. The average molecular weight is 300 g/mol. The molecular weight excluding hydrogens is 281 g/mol. The number of rotatable bonds is 2. The molecular formula is C15H19ClFNO2. The van der Waals surface area contributed by atoms with E-state index in [2.05, 4.69) is 0 Å². The van der Waals surface area contributed by atoms with Crippen LogP contribution in [0.3, 0.4) is 0 Å². The summed E-state index contributed by atoms with van der Waals surface area (Å²) in [7, 11) is 0. The Labute approximate surface area is 123 Å². The minimum atomic E-state index is -0.429. The molecule has 0 aliphatic carbocycles. The molecule has 0 saturated carbocycles. The van der Waals surface area contributed by atoms with Gasteiger partial charge in [0.2, 0.25) is 0 Å². The number of nitrogens with zero attached hydrogens (tertiary/aromatic N) is 1. The maximum Gasteiger partial charge on any atom is 0.254 e. The third kappa shape index (κ3) is 3.30. The number of ether oxygens (including phenoxy) is 1. The second kappa shape index (κ2) is 5.70. The highest BCUT2D eigenvalue weighted by Crippen LogP contribution is 2.24. The summed E-state index contributed by atoms with van der Waals surface area (Å²) >= 11 is 5.86. The Balaban J connectivity index is 2.23. The van der Waals surface area contributed by atoms with E-state index in [-0.39, 0.29) is 17.8 Å². The fraction of sp³-hybridized carbons (Fsp3) is 0.533. The Morgan fingerprint density at radius 3 is 2.85 bits per heavy atom. The lowest BCUT2D eigenvalue weighted by atomic mass is 10.0. The summed E-state index contributed by atoms with van der Waals surface area (Å²) in [4.78, 5) is 14.3. The summed E-state index contributed by atoms with van der Waals surface area (Å²) in [6.07, 6.45) is -0.176. The van der Waals surface area contributed by atoms with Crippen molar-refractivity contribution in [2.45, 2.75) is 32.5 Å². The SMILES string of the molecule is Cc1cc(F)ccc1C(=O)N1CC(CCl)OC(C)(C)C1. The van der Waals surface area contributed by atoms with Crippen molar-refractivity contribution >= 4 is 17.5 Å². The summed E-state index contributed by atoms with van der Waals surface area (Å²) < 4.78 is 18.9. The quantitative estimate of drug-likeness (QED) is 0.786. The molecule has 5 heteroatoms. The summed E-state index contributed by atoms with van der Waals surface area (Å²) in [6.45, 7) is 6.56. The van der Waals surface area contributed by atoms with Gasteiger partial charge in [-0.15, -0.1) is 11.6 Å². The molecule has 0 N–H and O–H groups in total. The second-order valence-corrected chi connectivity index (χ2v) is 6.11. The standard InChI is InChI=1S/C15H19ClFNO2/c1-10-6-11(17)4-5-13(10)14(19)18-8-12(7-16)20-15(2,3)9-18/h4-6,12H,7-9H2,1-3H3. The molecule has 1 aliphatic rings. The largest absolute Gasteiger partial charge is 0.367 e. The van der Waals surface area contributed by atoms with Gasteiger partial charge >= 0.3 is 0 Å². The number of hydrogen-bond acceptors (Lipinski definition) is 2. The van der Waals surface area contributed by atoms with Gasteiger partial charge in [-0.1, -0.05) is 0 Å². The Kier molecular flexibility index (Phi) is 4.35. The van der Waals surface area contributed by atoms with Crippen molar-refractivity contribution in [1.29, 1.82) is 0 Å². The molecule has 3 nitrogen and oxygen atoms in total. The normalized spacial score (nSPS) is 21.9. The van der Waals surface area contributed by atoms with Crippen LogP contribution in [0.2, 0.25) is 0 Å². The first-order valence-corrected chi connectivity index (χ1v) is 7.15. The molecule has 0 aromatic heterocycles. The predicted octanol–water partition coefficient (Wildman–Crippen LogP) is 2.99. The van der Waals surface area contributed by atoms with E-state index < -0.39 is 5.60 Å². The van der Waals surface area contributed by atoms with Crippen LogP contribution in [0.15, 0.2) is 18.2 Å². The van der Waals surface area contributed by atoms with Gasteiger partial charge in [0.05, 0.1) is 17.6 Å². The van der Waals surface area contributed by atoms with E-state index in [1.807, 2.05) is 13.8 Å². The van der Waals surface area contributed by atoms with Gasteiger partial charge in [-0.05, 0) is 44.5 Å². The Morgan fingerprint density at radius 2 is 2.25 bits per heavy atom. The highest BCUT2D eigenvalue weighted by molar-refractivity contribution is 6.18. The maximum atomic E-state index is 13.1. The molecule has 1 unspecified atom stereocenters. The van der Waals surface area contributed by atoms with Crippen molar-refractivity contribution in [3.05, 3.63) is 35.1 Å². The van der Waals surface area contributed by atoms with Crippen LogP contribution in [0.4, 0.5) is 4.39 Å². The van der Waals surface area contributed by atoms with Crippen molar-refractivity contribution in [3.63, 3.8) is 0 Å². The lowest BCUT2D eigenvalue weighted by molar-refractivity contribution is -0.117. The van der Waals surface area contributed by atoms with Gasteiger partial charge < -0.3 is 9.64 Å². The van der Waals surface area contributed by atoms with Crippen molar-refractivity contribution in [2.75, 3.05) is 19.0 Å². The minimum absolute atomic E-state index is 0.103. The van der Waals surface area contributed by atoms with Crippen molar-refractivity contribution in [3.8, 4) is 0 Å². The monoisotopic (exact) mass is 299 g/mol. The molecule has 0 radical (unpaired) electrons. The Hall–Kier alpha value is -1.13. The van der Waals surface area contributed by atoms with E-state index in [1.165, 1.54) is 18.2 Å². The Morgan fingerprint density at radius 1 is 1.55 bits per heavy atom. The zero-order valence-corrected chi connectivity index (χ0v) is 12.7. The van der Waals surface area contributed by atoms with Crippen LogP contribution in [0, 0.1) is 12.7 Å². The molecule has 1 fully saturated rings. The lowest BCUT2D eigenvalue weighted by Gasteiger charge is -2.42. The Bertz CT molecular complexity index is 519. The minimum Gasteiger partial charge on any atom is -0.367 e. The number of amides is 1. The summed E-state index contributed by atoms with van der Waals surface area (Å²) in [5.41, 5.74) is 0.737. The first-order chi connectivity index (χ1) is 9.32. The second-order valence-electron chi connectivity index (χ2n) is 5.80. The molecule has 1 saturated heterocycles. The van der Waals surface area contributed by atoms with Crippen molar-refractivity contribution < 1.29 is 13.9 Å². The highest BCUT2D eigenvalue weighted by Gasteiger charge is 2.35. The van der Waals surface area contributed by atoms with Gasteiger partial charge in [0.15, 0.2) is 0 Å². The van der Waals surface area contributed by atoms with Crippen LogP contribution in [0.25, 0.3) is 0 Å². The molecule has 1 aliphatic heterocycles. The van der Waals surface area contributed by atoms with Crippen LogP contribution >= 0.6 is 11.6 Å². The van der Waals surface area contributed by atoms with E-state index >= 15 is 0 Å². The highest BCUT2D eigenvalue weighted by atomic mass is 35.5. The number of morpholine rings is 1. The molecule has 0 bridgehead atoms. The number of aryl methyl sites for hydroxylation is 1. The van der Waals surface area contributed by atoms with Crippen LogP contribution < -0.4 is 0 Å². The number of carbonyl (C=O) groups is 1. The van der Waals surface area contributed by atoms with Gasteiger partial charge in [-0.25, -0.2) is 4.39 Å². The fourth-order valence-corrected chi connectivity index (χ4v) is 2.73. The van der Waals surface area contributed by atoms with Crippen molar-refractivity contribution in [2.24, 2.45) is 0 Å².